The molecule has 2 atom stereocenters. The molecule has 3 fully saturated rings. The first-order chi connectivity index (χ1) is 11.6. The van der Waals surface area contributed by atoms with Crippen molar-refractivity contribution in [2.24, 2.45) is 5.92 Å². The maximum Gasteiger partial charge on any atom is 0.272 e. The van der Waals surface area contributed by atoms with E-state index in [1.165, 1.54) is 12.8 Å². The third kappa shape index (κ3) is 2.70. The van der Waals surface area contributed by atoms with Crippen molar-refractivity contribution in [3.63, 3.8) is 0 Å². The number of hydrogen-bond acceptors (Lipinski definition) is 4. The number of amides is 1. The van der Waals surface area contributed by atoms with Crippen LogP contribution in [0.1, 0.15) is 23.3 Å². The highest BCUT2D eigenvalue weighted by Crippen LogP contribution is 2.33. The molecule has 0 spiro atoms. The number of piperidine rings is 3. The van der Waals surface area contributed by atoms with Crippen molar-refractivity contribution in [2.45, 2.75) is 24.9 Å². The van der Waals surface area contributed by atoms with Crippen LogP contribution in [0.4, 0.5) is 0 Å². The number of benzene rings is 1. The van der Waals surface area contributed by atoms with Gasteiger partial charge in [0, 0.05) is 24.0 Å². The number of aromatic amines is 1. The number of rotatable bonds is 4. The molecule has 6 nitrogen and oxygen atoms in total. The highest BCUT2D eigenvalue weighted by molar-refractivity contribution is 6.04. The van der Waals surface area contributed by atoms with Gasteiger partial charge in [-0.1, -0.05) is 18.2 Å². The molecule has 6 heteroatoms. The van der Waals surface area contributed by atoms with E-state index in [9.17, 15) is 4.79 Å². The first-order valence-electron chi connectivity index (χ1n) is 8.76. The fraction of sp³-hybridized carbons (Fsp3) is 0.556. The fourth-order valence-electron chi connectivity index (χ4n) is 4.32. The number of likely N-dealkylation sites (N-methyl/N-ethyl adjacent to an activating group) is 1. The van der Waals surface area contributed by atoms with E-state index in [2.05, 4.69) is 39.4 Å². The molecule has 128 valence electrons. The maximum absolute atomic E-state index is 12.9. The molecule has 0 saturated carbocycles. The zero-order valence-corrected chi connectivity index (χ0v) is 14.3. The summed E-state index contributed by atoms with van der Waals surface area (Å²) in [4.78, 5) is 17.6. The van der Waals surface area contributed by atoms with Gasteiger partial charge in [-0.15, -0.1) is 0 Å². The second-order valence-electron chi connectivity index (χ2n) is 7.32. The monoisotopic (exact) mass is 327 g/mol. The smallest absolute Gasteiger partial charge is 0.272 e. The van der Waals surface area contributed by atoms with Crippen molar-refractivity contribution in [3.8, 4) is 0 Å². The Morgan fingerprint density at radius 1 is 1.33 bits per heavy atom. The Hall–Kier alpha value is -1.92. The lowest BCUT2D eigenvalue weighted by atomic mass is 9.78. The number of aromatic nitrogens is 2. The van der Waals surface area contributed by atoms with Crippen LogP contribution in [0.3, 0.4) is 0 Å². The first-order valence-corrected chi connectivity index (χ1v) is 8.76. The van der Waals surface area contributed by atoms with Crippen LogP contribution in [0.25, 0.3) is 10.9 Å². The molecule has 5 rings (SSSR count). The Kier molecular flexibility index (Phi) is 4.02. The number of nitrogens with one attached hydrogen (secondary N) is 2. The Balaban J connectivity index is 1.57. The van der Waals surface area contributed by atoms with Gasteiger partial charge < -0.3 is 10.2 Å². The van der Waals surface area contributed by atoms with Crippen LogP contribution in [0, 0.1) is 5.92 Å². The fourth-order valence-corrected chi connectivity index (χ4v) is 4.32. The number of nitrogens with zero attached hydrogens (tertiary/aromatic N) is 3. The Morgan fingerprint density at radius 3 is 2.83 bits per heavy atom. The van der Waals surface area contributed by atoms with Gasteiger partial charge in [0.25, 0.3) is 5.91 Å². The van der Waals surface area contributed by atoms with Gasteiger partial charge in [-0.3, -0.25) is 14.8 Å². The third-order valence-electron chi connectivity index (χ3n) is 5.50. The second kappa shape index (κ2) is 6.18. The molecule has 24 heavy (non-hydrogen) atoms. The number of H-pyrrole nitrogens is 1. The summed E-state index contributed by atoms with van der Waals surface area (Å²) >= 11 is 0. The van der Waals surface area contributed by atoms with Crippen LogP contribution < -0.4 is 5.32 Å². The number of para-hydroxylation sites is 1. The summed E-state index contributed by atoms with van der Waals surface area (Å²) in [6, 6.07) is 8.38. The molecule has 2 N–H and O–H groups in total. The molecular formula is C18H25N5O. The van der Waals surface area contributed by atoms with Crippen LogP contribution in [-0.2, 0) is 0 Å². The maximum atomic E-state index is 12.9. The van der Waals surface area contributed by atoms with Gasteiger partial charge >= 0.3 is 0 Å². The van der Waals surface area contributed by atoms with E-state index in [0.29, 0.717) is 17.7 Å². The summed E-state index contributed by atoms with van der Waals surface area (Å²) in [6.45, 7) is 3.28. The summed E-state index contributed by atoms with van der Waals surface area (Å²) in [5.74, 6) is 0.518. The summed E-state index contributed by atoms with van der Waals surface area (Å²) in [5, 5.41) is 11.4. The minimum Gasteiger partial charge on any atom is -0.346 e. The number of hydrogen-bond donors (Lipinski definition) is 2. The zero-order chi connectivity index (χ0) is 16.7. The highest BCUT2D eigenvalue weighted by Gasteiger charge is 2.43. The number of carbonyl (C=O) groups is 1. The predicted octanol–water partition coefficient (Wildman–Crippen LogP) is 1.32. The van der Waals surface area contributed by atoms with Gasteiger partial charge in [-0.25, -0.2) is 0 Å². The van der Waals surface area contributed by atoms with Crippen molar-refractivity contribution in [2.75, 3.05) is 33.7 Å². The standard InChI is InChI=1S/C18H25N5O/c1-22(2)11-15-16(12-7-9-23(15)10-8-12)19-18(24)17-13-5-3-4-6-14(13)20-21-17/h3-6,12,15-16H,7-11H2,1-2H3,(H,19,24)(H,20,21). The summed E-state index contributed by atoms with van der Waals surface area (Å²) < 4.78 is 0. The van der Waals surface area contributed by atoms with E-state index in [1.807, 2.05) is 24.3 Å². The normalized spacial score (nSPS) is 29.3. The van der Waals surface area contributed by atoms with Gasteiger partial charge in [0.1, 0.15) is 0 Å². The lowest BCUT2D eigenvalue weighted by Crippen LogP contribution is -2.65. The Labute approximate surface area is 142 Å². The highest BCUT2D eigenvalue weighted by atomic mass is 16.2. The molecule has 0 aliphatic carbocycles. The number of carbonyl (C=O) groups excluding carboxylic acids is 1. The van der Waals surface area contributed by atoms with Crippen LogP contribution in [0.5, 0.6) is 0 Å². The largest absolute Gasteiger partial charge is 0.346 e. The molecule has 3 aliphatic heterocycles. The van der Waals surface area contributed by atoms with Crippen molar-refractivity contribution >= 4 is 16.8 Å². The number of fused-ring (bicyclic) bond motifs is 4. The Morgan fingerprint density at radius 2 is 2.08 bits per heavy atom. The summed E-state index contributed by atoms with van der Waals surface area (Å²) in [6.07, 6.45) is 2.35. The van der Waals surface area contributed by atoms with E-state index in [4.69, 9.17) is 0 Å². The van der Waals surface area contributed by atoms with E-state index in [1.54, 1.807) is 0 Å². The molecule has 3 saturated heterocycles. The van der Waals surface area contributed by atoms with Gasteiger partial charge in [-0.05, 0) is 52.0 Å². The molecule has 3 aliphatic rings. The average molecular weight is 327 g/mol. The van der Waals surface area contributed by atoms with Crippen molar-refractivity contribution in [3.05, 3.63) is 30.0 Å². The second-order valence-corrected chi connectivity index (χ2v) is 7.32. The van der Waals surface area contributed by atoms with Crippen molar-refractivity contribution < 1.29 is 4.79 Å². The topological polar surface area (TPSA) is 64.3 Å². The molecule has 2 aromatic rings. The summed E-state index contributed by atoms with van der Waals surface area (Å²) in [5.41, 5.74) is 1.41. The molecule has 0 radical (unpaired) electrons. The molecule has 2 bridgehead atoms. The molecule has 1 amide bonds. The minimum atomic E-state index is -0.0602. The van der Waals surface area contributed by atoms with Crippen LogP contribution in [0.2, 0.25) is 0 Å². The van der Waals surface area contributed by atoms with Crippen LogP contribution in [0.15, 0.2) is 24.3 Å². The lowest BCUT2D eigenvalue weighted by molar-refractivity contribution is 0.00299. The molecule has 1 aromatic heterocycles. The Bertz CT molecular complexity index is 732. The zero-order valence-electron chi connectivity index (χ0n) is 14.3. The van der Waals surface area contributed by atoms with Gasteiger partial charge in [0.05, 0.1) is 5.52 Å². The first kappa shape index (κ1) is 15.6. The predicted molar refractivity (Wildman–Crippen MR) is 94.0 cm³/mol. The van der Waals surface area contributed by atoms with Crippen LogP contribution in [-0.4, -0.2) is 71.7 Å². The summed E-state index contributed by atoms with van der Waals surface area (Å²) in [7, 11) is 4.20. The molecule has 1 aromatic carbocycles. The average Bonchev–Trinajstić information content (AvgIpc) is 3.01. The SMILES string of the molecule is CN(C)CC1C(NC(=O)c2n[nH]c3ccccc23)C2CCN1CC2. The van der Waals surface area contributed by atoms with E-state index in [0.717, 1.165) is 30.5 Å². The van der Waals surface area contributed by atoms with Gasteiger partial charge in [-0.2, -0.15) is 5.10 Å². The molecule has 2 unspecified atom stereocenters. The van der Waals surface area contributed by atoms with Gasteiger partial charge in [0.15, 0.2) is 5.69 Å². The molecular weight excluding hydrogens is 302 g/mol. The lowest BCUT2D eigenvalue weighted by Gasteiger charge is -2.51. The quantitative estimate of drug-likeness (QED) is 0.889. The van der Waals surface area contributed by atoms with Crippen molar-refractivity contribution in [1.82, 2.24) is 25.3 Å². The van der Waals surface area contributed by atoms with Crippen LogP contribution >= 0.6 is 0 Å². The van der Waals surface area contributed by atoms with Crippen molar-refractivity contribution in [1.29, 1.82) is 0 Å². The molecule has 4 heterocycles. The van der Waals surface area contributed by atoms with E-state index in [-0.39, 0.29) is 11.9 Å². The van der Waals surface area contributed by atoms with E-state index >= 15 is 0 Å². The third-order valence-corrected chi connectivity index (χ3v) is 5.50. The van der Waals surface area contributed by atoms with Gasteiger partial charge in [0.2, 0.25) is 0 Å². The minimum absolute atomic E-state index is 0.0602. The van der Waals surface area contributed by atoms with E-state index < -0.39 is 0 Å².